The number of ether oxygens (including phenoxy) is 1. The van der Waals surface area contributed by atoms with Gasteiger partial charge < -0.3 is 15.0 Å². The fraction of sp³-hybridized carbons (Fsp3) is 0.375. The summed E-state index contributed by atoms with van der Waals surface area (Å²) in [6.45, 7) is 11.0. The molecule has 0 aliphatic rings. The van der Waals surface area contributed by atoms with E-state index in [1.165, 1.54) is 0 Å². The van der Waals surface area contributed by atoms with Gasteiger partial charge >= 0.3 is 0 Å². The zero-order chi connectivity index (χ0) is 27.7. The van der Waals surface area contributed by atoms with Crippen LogP contribution in [0.25, 0.3) is 0 Å². The Morgan fingerprint density at radius 2 is 1.58 bits per heavy atom. The molecule has 6 heteroatoms. The van der Waals surface area contributed by atoms with Crippen molar-refractivity contribution < 1.29 is 14.3 Å². The van der Waals surface area contributed by atoms with Crippen molar-refractivity contribution in [1.82, 2.24) is 10.2 Å². The van der Waals surface area contributed by atoms with Crippen LogP contribution in [0.1, 0.15) is 51.3 Å². The standard InChI is InChI=1S/C32H39ClN2O3/c1-23(2)20-34-31(37)28(19-24-12-7-6-8-13-24)35(21-25-14-11-15-26(33)18-25)30(36)22-38-29-17-10-9-16-27(29)32(3,4)5/h6-18,23,28H,19-22H2,1-5H3,(H,34,37)/t28-/m1/s1. The molecule has 3 aromatic rings. The summed E-state index contributed by atoms with van der Waals surface area (Å²) >= 11 is 6.26. The number of para-hydroxylation sites is 1. The highest BCUT2D eigenvalue weighted by molar-refractivity contribution is 6.30. The molecule has 202 valence electrons. The van der Waals surface area contributed by atoms with Gasteiger partial charge in [-0.15, -0.1) is 0 Å². The third-order valence-corrected chi connectivity index (χ3v) is 6.48. The van der Waals surface area contributed by atoms with Gasteiger partial charge in [-0.25, -0.2) is 0 Å². The molecule has 0 fully saturated rings. The summed E-state index contributed by atoms with van der Waals surface area (Å²) < 4.78 is 6.10. The van der Waals surface area contributed by atoms with Crippen molar-refractivity contribution in [2.75, 3.05) is 13.2 Å². The first kappa shape index (κ1) is 29.2. The topological polar surface area (TPSA) is 58.6 Å². The Morgan fingerprint density at radius 1 is 0.921 bits per heavy atom. The lowest BCUT2D eigenvalue weighted by molar-refractivity contribution is -0.142. The average molecular weight is 535 g/mol. The van der Waals surface area contributed by atoms with Gasteiger partial charge in [0.25, 0.3) is 5.91 Å². The molecule has 5 nitrogen and oxygen atoms in total. The summed E-state index contributed by atoms with van der Waals surface area (Å²) in [7, 11) is 0. The van der Waals surface area contributed by atoms with Gasteiger partial charge in [-0.2, -0.15) is 0 Å². The molecular weight excluding hydrogens is 496 g/mol. The van der Waals surface area contributed by atoms with Crippen LogP contribution in [-0.2, 0) is 28.0 Å². The van der Waals surface area contributed by atoms with Crippen molar-refractivity contribution in [2.24, 2.45) is 5.92 Å². The number of rotatable bonds is 11. The molecular formula is C32H39ClN2O3. The number of hydrogen-bond acceptors (Lipinski definition) is 3. The first-order valence-electron chi connectivity index (χ1n) is 13.1. The maximum Gasteiger partial charge on any atom is 0.261 e. The first-order valence-corrected chi connectivity index (χ1v) is 13.5. The number of nitrogens with zero attached hydrogens (tertiary/aromatic N) is 1. The number of carbonyl (C=O) groups is 2. The van der Waals surface area contributed by atoms with Crippen LogP contribution in [0.15, 0.2) is 78.9 Å². The predicted molar refractivity (Wildman–Crippen MR) is 154 cm³/mol. The van der Waals surface area contributed by atoms with Crippen LogP contribution in [0.5, 0.6) is 5.75 Å². The molecule has 0 saturated heterocycles. The van der Waals surface area contributed by atoms with E-state index in [4.69, 9.17) is 16.3 Å². The predicted octanol–water partition coefficient (Wildman–Crippen LogP) is 6.43. The van der Waals surface area contributed by atoms with E-state index in [2.05, 4.69) is 26.1 Å². The number of halogens is 1. The van der Waals surface area contributed by atoms with E-state index >= 15 is 0 Å². The average Bonchev–Trinajstić information content (AvgIpc) is 2.88. The monoisotopic (exact) mass is 534 g/mol. The second-order valence-corrected chi connectivity index (χ2v) is 11.5. The Hall–Kier alpha value is -3.31. The number of carbonyl (C=O) groups excluding carboxylic acids is 2. The largest absolute Gasteiger partial charge is 0.483 e. The molecule has 0 aliphatic carbocycles. The van der Waals surface area contributed by atoms with Gasteiger partial charge in [0.2, 0.25) is 5.91 Å². The van der Waals surface area contributed by atoms with Gasteiger partial charge in [-0.1, -0.05) is 107 Å². The van der Waals surface area contributed by atoms with Crippen molar-refractivity contribution in [2.45, 2.75) is 59.0 Å². The minimum atomic E-state index is -0.718. The molecule has 38 heavy (non-hydrogen) atoms. The quantitative estimate of drug-likeness (QED) is 0.308. The maximum atomic E-state index is 13.8. The van der Waals surface area contributed by atoms with Crippen LogP contribution >= 0.6 is 11.6 Å². The molecule has 0 heterocycles. The van der Waals surface area contributed by atoms with Gasteiger partial charge in [0.05, 0.1) is 0 Å². The van der Waals surface area contributed by atoms with Crippen LogP contribution < -0.4 is 10.1 Å². The van der Waals surface area contributed by atoms with Gasteiger partial charge in [0, 0.05) is 24.5 Å². The van der Waals surface area contributed by atoms with E-state index in [0.29, 0.717) is 23.7 Å². The fourth-order valence-corrected chi connectivity index (χ4v) is 4.46. The van der Waals surface area contributed by atoms with Crippen LogP contribution in [0.2, 0.25) is 5.02 Å². The minimum Gasteiger partial charge on any atom is -0.483 e. The van der Waals surface area contributed by atoms with Gasteiger partial charge in [0.15, 0.2) is 6.61 Å². The zero-order valence-electron chi connectivity index (χ0n) is 23.0. The molecule has 0 saturated carbocycles. The van der Waals surface area contributed by atoms with Crippen molar-refractivity contribution in [3.63, 3.8) is 0 Å². The van der Waals surface area contributed by atoms with Crippen LogP contribution in [0.4, 0.5) is 0 Å². The summed E-state index contributed by atoms with van der Waals surface area (Å²) in [4.78, 5) is 29.0. The number of nitrogens with one attached hydrogen (secondary N) is 1. The maximum absolute atomic E-state index is 13.8. The number of benzene rings is 3. The second-order valence-electron chi connectivity index (χ2n) is 11.0. The SMILES string of the molecule is CC(C)CNC(=O)[C@@H](Cc1ccccc1)N(Cc1cccc(Cl)c1)C(=O)COc1ccccc1C(C)(C)C. The Bertz CT molecular complexity index is 1200. The number of hydrogen-bond donors (Lipinski definition) is 1. The second kappa shape index (κ2) is 13.5. The van der Waals surface area contributed by atoms with Crippen LogP contribution in [-0.4, -0.2) is 35.9 Å². The first-order chi connectivity index (χ1) is 18.0. The van der Waals surface area contributed by atoms with Crippen molar-refractivity contribution in [3.05, 3.63) is 101 Å². The smallest absolute Gasteiger partial charge is 0.261 e. The molecule has 3 aromatic carbocycles. The summed E-state index contributed by atoms with van der Waals surface area (Å²) in [6.07, 6.45) is 0.385. The zero-order valence-corrected chi connectivity index (χ0v) is 23.8. The molecule has 1 N–H and O–H groups in total. The molecule has 0 bridgehead atoms. The van der Waals surface area contributed by atoms with Crippen molar-refractivity contribution >= 4 is 23.4 Å². The molecule has 1 atom stereocenters. The lowest BCUT2D eigenvalue weighted by Gasteiger charge is -2.32. The lowest BCUT2D eigenvalue weighted by Crippen LogP contribution is -2.52. The van der Waals surface area contributed by atoms with E-state index in [1.807, 2.05) is 86.6 Å². The summed E-state index contributed by atoms with van der Waals surface area (Å²) in [5.41, 5.74) is 2.69. The highest BCUT2D eigenvalue weighted by Gasteiger charge is 2.31. The highest BCUT2D eigenvalue weighted by Crippen LogP contribution is 2.31. The Balaban J connectivity index is 1.94. The van der Waals surface area contributed by atoms with E-state index in [-0.39, 0.29) is 36.3 Å². The van der Waals surface area contributed by atoms with Gasteiger partial charge in [0.1, 0.15) is 11.8 Å². The molecule has 0 unspecified atom stereocenters. The summed E-state index contributed by atoms with van der Waals surface area (Å²) in [5.74, 6) is 0.493. The molecule has 0 radical (unpaired) electrons. The van der Waals surface area contributed by atoms with Gasteiger partial charge in [-0.3, -0.25) is 9.59 Å². The molecule has 3 rings (SSSR count). The Labute approximate surface area is 232 Å². The van der Waals surface area contributed by atoms with E-state index < -0.39 is 6.04 Å². The highest BCUT2D eigenvalue weighted by atomic mass is 35.5. The molecule has 0 spiro atoms. The van der Waals surface area contributed by atoms with Crippen molar-refractivity contribution in [3.8, 4) is 5.75 Å². The third-order valence-electron chi connectivity index (χ3n) is 6.24. The lowest BCUT2D eigenvalue weighted by atomic mass is 9.86. The number of amides is 2. The molecule has 0 aromatic heterocycles. The van der Waals surface area contributed by atoms with Crippen LogP contribution in [0, 0.1) is 5.92 Å². The van der Waals surface area contributed by atoms with Crippen molar-refractivity contribution in [1.29, 1.82) is 0 Å². The van der Waals surface area contributed by atoms with E-state index in [0.717, 1.165) is 16.7 Å². The van der Waals surface area contributed by atoms with E-state index in [9.17, 15) is 9.59 Å². The third kappa shape index (κ3) is 8.63. The molecule has 2 amide bonds. The normalized spacial score (nSPS) is 12.2. The summed E-state index contributed by atoms with van der Waals surface area (Å²) in [6, 6.07) is 24.2. The van der Waals surface area contributed by atoms with Crippen LogP contribution in [0.3, 0.4) is 0 Å². The minimum absolute atomic E-state index is 0.146. The summed E-state index contributed by atoms with van der Waals surface area (Å²) in [5, 5.41) is 3.62. The molecule has 0 aliphatic heterocycles. The Morgan fingerprint density at radius 3 is 2.24 bits per heavy atom. The van der Waals surface area contributed by atoms with Gasteiger partial charge in [-0.05, 0) is 46.2 Å². The van der Waals surface area contributed by atoms with E-state index in [1.54, 1.807) is 11.0 Å². The fourth-order valence-electron chi connectivity index (χ4n) is 4.24. The Kier molecular flexibility index (Phi) is 10.4.